The molecule has 2 rings (SSSR count). The fraction of sp³-hybridized carbons (Fsp3) is 0.438. The van der Waals surface area contributed by atoms with Crippen molar-refractivity contribution in [3.63, 3.8) is 0 Å². The summed E-state index contributed by atoms with van der Waals surface area (Å²) in [6.45, 7) is 2.95. The molecule has 0 saturated carbocycles. The van der Waals surface area contributed by atoms with Gasteiger partial charge >= 0.3 is 0 Å². The molecule has 1 aliphatic rings. The summed E-state index contributed by atoms with van der Waals surface area (Å²) in [6, 6.07) is 3.29. The number of nitrogens with zero attached hydrogens (tertiary/aromatic N) is 1. The summed E-state index contributed by atoms with van der Waals surface area (Å²) in [6.07, 6.45) is 3.35. The highest BCUT2D eigenvalue weighted by Gasteiger charge is 2.16. The van der Waals surface area contributed by atoms with E-state index >= 15 is 0 Å². The molecule has 0 radical (unpaired) electrons. The van der Waals surface area contributed by atoms with Gasteiger partial charge in [0.05, 0.1) is 34.5 Å². The minimum atomic E-state index is -0.120. The predicted octanol–water partition coefficient (Wildman–Crippen LogP) is 1.74. The second kappa shape index (κ2) is 7.70. The number of benzene rings is 1. The summed E-state index contributed by atoms with van der Waals surface area (Å²) in [5.74, 6) is 1.28. The SMILES string of the molecule is COc1cc(C(=O)C=CN2CCOCC2)cc(OC)c1OC. The normalized spacial score (nSPS) is 15.0. The summed E-state index contributed by atoms with van der Waals surface area (Å²) >= 11 is 0. The number of carbonyl (C=O) groups is 1. The zero-order chi connectivity index (χ0) is 15.9. The van der Waals surface area contributed by atoms with E-state index in [-0.39, 0.29) is 5.78 Å². The number of allylic oxidation sites excluding steroid dienone is 1. The van der Waals surface area contributed by atoms with Crippen molar-refractivity contribution in [3.8, 4) is 17.2 Å². The van der Waals surface area contributed by atoms with Gasteiger partial charge in [0.1, 0.15) is 0 Å². The van der Waals surface area contributed by atoms with Crippen LogP contribution in [-0.4, -0.2) is 58.3 Å². The third-order valence-electron chi connectivity index (χ3n) is 3.43. The van der Waals surface area contributed by atoms with E-state index < -0.39 is 0 Å². The van der Waals surface area contributed by atoms with Crippen molar-refractivity contribution in [2.45, 2.75) is 0 Å². The summed E-state index contributed by atoms with van der Waals surface area (Å²) in [7, 11) is 4.57. The first-order chi connectivity index (χ1) is 10.7. The van der Waals surface area contributed by atoms with Crippen molar-refractivity contribution in [2.24, 2.45) is 0 Å². The third-order valence-corrected chi connectivity index (χ3v) is 3.43. The van der Waals surface area contributed by atoms with Crippen LogP contribution in [0.5, 0.6) is 17.2 Å². The number of ether oxygens (including phenoxy) is 4. The van der Waals surface area contributed by atoms with Gasteiger partial charge in [0.25, 0.3) is 0 Å². The minimum Gasteiger partial charge on any atom is -0.493 e. The number of rotatable bonds is 6. The van der Waals surface area contributed by atoms with Gasteiger partial charge in [-0.15, -0.1) is 0 Å². The fourth-order valence-electron chi connectivity index (χ4n) is 2.22. The van der Waals surface area contributed by atoms with Gasteiger partial charge in [-0.05, 0) is 12.1 Å². The Morgan fingerprint density at radius 1 is 1.09 bits per heavy atom. The van der Waals surface area contributed by atoms with E-state index in [4.69, 9.17) is 18.9 Å². The Kier molecular flexibility index (Phi) is 5.66. The van der Waals surface area contributed by atoms with Crippen LogP contribution in [0.1, 0.15) is 10.4 Å². The first-order valence-electron chi connectivity index (χ1n) is 7.04. The number of hydrogen-bond donors (Lipinski definition) is 0. The molecule has 1 saturated heterocycles. The van der Waals surface area contributed by atoms with Gasteiger partial charge in [0.2, 0.25) is 5.75 Å². The van der Waals surface area contributed by atoms with E-state index in [2.05, 4.69) is 4.90 Å². The molecule has 0 spiro atoms. The molecule has 1 aliphatic heterocycles. The van der Waals surface area contributed by atoms with E-state index in [0.29, 0.717) is 36.0 Å². The minimum absolute atomic E-state index is 0.120. The molecule has 0 unspecified atom stereocenters. The molecule has 1 aromatic rings. The van der Waals surface area contributed by atoms with Crippen molar-refractivity contribution in [1.29, 1.82) is 0 Å². The highest BCUT2D eigenvalue weighted by molar-refractivity contribution is 6.05. The van der Waals surface area contributed by atoms with Gasteiger partial charge in [0, 0.05) is 30.9 Å². The van der Waals surface area contributed by atoms with Crippen LogP contribution in [0.3, 0.4) is 0 Å². The van der Waals surface area contributed by atoms with Crippen LogP contribution in [0.2, 0.25) is 0 Å². The van der Waals surface area contributed by atoms with Crippen molar-refractivity contribution < 1.29 is 23.7 Å². The lowest BCUT2D eigenvalue weighted by Gasteiger charge is -2.24. The van der Waals surface area contributed by atoms with Gasteiger partial charge in [-0.3, -0.25) is 4.79 Å². The smallest absolute Gasteiger partial charge is 0.203 e. The molecule has 0 aliphatic carbocycles. The van der Waals surface area contributed by atoms with Gasteiger partial charge < -0.3 is 23.8 Å². The van der Waals surface area contributed by atoms with Crippen LogP contribution in [0.4, 0.5) is 0 Å². The van der Waals surface area contributed by atoms with Crippen LogP contribution in [0.25, 0.3) is 0 Å². The lowest BCUT2D eigenvalue weighted by Crippen LogP contribution is -2.32. The average molecular weight is 307 g/mol. The van der Waals surface area contributed by atoms with Crippen molar-refractivity contribution in [1.82, 2.24) is 4.90 Å². The van der Waals surface area contributed by atoms with E-state index in [1.165, 1.54) is 21.3 Å². The molecule has 6 heteroatoms. The van der Waals surface area contributed by atoms with Crippen LogP contribution in [0.15, 0.2) is 24.4 Å². The number of methoxy groups -OCH3 is 3. The number of hydrogen-bond acceptors (Lipinski definition) is 6. The maximum absolute atomic E-state index is 12.3. The lowest BCUT2D eigenvalue weighted by atomic mass is 10.1. The van der Waals surface area contributed by atoms with Gasteiger partial charge in [-0.2, -0.15) is 0 Å². The Hall–Kier alpha value is -2.21. The van der Waals surface area contributed by atoms with Crippen LogP contribution in [-0.2, 0) is 4.74 Å². The Morgan fingerprint density at radius 2 is 1.68 bits per heavy atom. The van der Waals surface area contributed by atoms with Crippen molar-refractivity contribution in [2.75, 3.05) is 47.6 Å². The van der Waals surface area contributed by atoms with E-state index in [9.17, 15) is 4.79 Å². The second-order valence-electron chi connectivity index (χ2n) is 4.74. The Morgan fingerprint density at radius 3 is 2.18 bits per heavy atom. The van der Waals surface area contributed by atoms with Gasteiger partial charge in [-0.1, -0.05) is 0 Å². The molecule has 0 bridgehead atoms. The van der Waals surface area contributed by atoms with Crippen molar-refractivity contribution >= 4 is 5.78 Å². The molecular weight excluding hydrogens is 286 g/mol. The zero-order valence-electron chi connectivity index (χ0n) is 13.1. The molecule has 22 heavy (non-hydrogen) atoms. The molecule has 0 N–H and O–H groups in total. The number of ketones is 1. The summed E-state index contributed by atoms with van der Waals surface area (Å²) in [4.78, 5) is 14.4. The molecule has 120 valence electrons. The lowest BCUT2D eigenvalue weighted by molar-refractivity contribution is 0.0591. The van der Waals surface area contributed by atoms with Gasteiger partial charge in [0.15, 0.2) is 17.3 Å². The van der Waals surface area contributed by atoms with Crippen LogP contribution in [0, 0.1) is 0 Å². The van der Waals surface area contributed by atoms with Crippen LogP contribution >= 0.6 is 0 Å². The topological polar surface area (TPSA) is 57.2 Å². The molecular formula is C16H21NO5. The first-order valence-corrected chi connectivity index (χ1v) is 7.04. The molecule has 0 atom stereocenters. The largest absolute Gasteiger partial charge is 0.493 e. The van der Waals surface area contributed by atoms with Crippen molar-refractivity contribution in [3.05, 3.63) is 30.0 Å². The Labute approximate surface area is 130 Å². The quantitative estimate of drug-likeness (QED) is 0.589. The number of carbonyl (C=O) groups excluding carboxylic acids is 1. The fourth-order valence-corrected chi connectivity index (χ4v) is 2.22. The Balaban J connectivity index is 2.19. The van der Waals surface area contributed by atoms with Gasteiger partial charge in [-0.25, -0.2) is 0 Å². The standard InChI is InChI=1S/C16H21NO5/c1-19-14-10-12(11-15(20-2)16(14)21-3)13(18)4-5-17-6-8-22-9-7-17/h4-5,10-11H,6-9H2,1-3H3. The van der Waals surface area contributed by atoms with Crippen LogP contribution < -0.4 is 14.2 Å². The number of morpholine rings is 1. The maximum Gasteiger partial charge on any atom is 0.203 e. The third kappa shape index (κ3) is 3.71. The monoisotopic (exact) mass is 307 g/mol. The molecule has 6 nitrogen and oxygen atoms in total. The average Bonchev–Trinajstić information content (AvgIpc) is 2.59. The first kappa shape index (κ1) is 16.2. The molecule has 0 amide bonds. The summed E-state index contributed by atoms with van der Waals surface area (Å²) < 4.78 is 21.0. The van der Waals surface area contributed by atoms with E-state index in [1.54, 1.807) is 24.4 Å². The molecule has 1 aromatic carbocycles. The second-order valence-corrected chi connectivity index (χ2v) is 4.74. The maximum atomic E-state index is 12.3. The van der Waals surface area contributed by atoms with E-state index in [0.717, 1.165) is 13.1 Å². The summed E-state index contributed by atoms with van der Waals surface area (Å²) in [5.41, 5.74) is 0.485. The predicted molar refractivity (Wildman–Crippen MR) is 82.0 cm³/mol. The Bertz CT molecular complexity index is 524. The molecule has 1 fully saturated rings. The highest BCUT2D eigenvalue weighted by Crippen LogP contribution is 2.38. The highest BCUT2D eigenvalue weighted by atomic mass is 16.5. The molecule has 0 aromatic heterocycles. The van der Waals surface area contributed by atoms with E-state index in [1.807, 2.05) is 0 Å². The molecule has 1 heterocycles. The zero-order valence-corrected chi connectivity index (χ0v) is 13.1. The summed E-state index contributed by atoms with van der Waals surface area (Å²) in [5, 5.41) is 0.